The summed E-state index contributed by atoms with van der Waals surface area (Å²) in [4.78, 5) is 15.3. The number of hydrogen-bond donors (Lipinski definition) is 0. The van der Waals surface area contributed by atoms with Crippen LogP contribution in [0, 0.1) is 11.3 Å². The van der Waals surface area contributed by atoms with Crippen molar-refractivity contribution in [2.24, 2.45) is 0 Å². The van der Waals surface area contributed by atoms with Gasteiger partial charge in [0.25, 0.3) is 0 Å². The Kier molecular flexibility index (Phi) is 8.27. The van der Waals surface area contributed by atoms with E-state index in [-0.39, 0.29) is 10.8 Å². The SMILES string of the molecule is CC(C)(C)c1ccc2c3ccc(C(C)(C)C)cc3n(-c3ccc(-c4cccc(C#N)c4)c(-c4nc(-c5ccccc5)nc(-c5ccccc5)n4)c3)c2c1. The highest BCUT2D eigenvalue weighted by Gasteiger charge is 2.23. The summed E-state index contributed by atoms with van der Waals surface area (Å²) in [5.74, 6) is 1.75. The molecular formula is C48H41N5. The van der Waals surface area contributed by atoms with Crippen molar-refractivity contribution in [3.8, 4) is 57.0 Å². The van der Waals surface area contributed by atoms with E-state index >= 15 is 0 Å². The van der Waals surface area contributed by atoms with E-state index < -0.39 is 0 Å². The molecule has 0 aliphatic carbocycles. The normalized spacial score (nSPS) is 11.9. The highest BCUT2D eigenvalue weighted by Crippen LogP contribution is 2.40. The molecule has 0 bridgehead atoms. The van der Waals surface area contributed by atoms with E-state index in [4.69, 9.17) is 15.0 Å². The van der Waals surface area contributed by atoms with Crippen LogP contribution in [0.1, 0.15) is 58.2 Å². The second-order valence-corrected chi connectivity index (χ2v) is 15.8. The topological polar surface area (TPSA) is 67.4 Å². The van der Waals surface area contributed by atoms with Crippen LogP contribution in [0.4, 0.5) is 0 Å². The average Bonchev–Trinajstić information content (AvgIpc) is 3.50. The molecule has 53 heavy (non-hydrogen) atoms. The lowest BCUT2D eigenvalue weighted by Crippen LogP contribution is -2.11. The minimum atomic E-state index is -0.0284. The molecule has 258 valence electrons. The van der Waals surface area contributed by atoms with E-state index in [0.717, 1.165) is 44.5 Å². The van der Waals surface area contributed by atoms with Gasteiger partial charge in [0, 0.05) is 33.2 Å². The fraction of sp³-hybridized carbons (Fsp3) is 0.167. The van der Waals surface area contributed by atoms with Crippen LogP contribution < -0.4 is 0 Å². The van der Waals surface area contributed by atoms with Gasteiger partial charge in [-0.2, -0.15) is 5.26 Å². The zero-order valence-corrected chi connectivity index (χ0v) is 31.0. The maximum atomic E-state index is 9.86. The molecule has 0 saturated heterocycles. The minimum Gasteiger partial charge on any atom is -0.309 e. The summed E-state index contributed by atoms with van der Waals surface area (Å²) in [6.07, 6.45) is 0. The minimum absolute atomic E-state index is 0.0284. The quantitative estimate of drug-likeness (QED) is 0.181. The summed E-state index contributed by atoms with van der Waals surface area (Å²) in [6.45, 7) is 13.6. The van der Waals surface area contributed by atoms with Crippen LogP contribution in [0.25, 0.3) is 72.8 Å². The van der Waals surface area contributed by atoms with Gasteiger partial charge < -0.3 is 4.57 Å². The molecule has 0 N–H and O–H groups in total. The molecule has 8 aromatic rings. The highest BCUT2D eigenvalue weighted by atomic mass is 15.0. The predicted molar refractivity (Wildman–Crippen MR) is 218 cm³/mol. The monoisotopic (exact) mass is 687 g/mol. The molecule has 0 spiro atoms. The molecule has 8 rings (SSSR count). The lowest BCUT2D eigenvalue weighted by atomic mass is 9.86. The first-order valence-electron chi connectivity index (χ1n) is 18.1. The fourth-order valence-electron chi connectivity index (χ4n) is 7.02. The molecular weight excluding hydrogens is 647 g/mol. The van der Waals surface area contributed by atoms with Crippen LogP contribution in [0.15, 0.2) is 140 Å². The van der Waals surface area contributed by atoms with Crippen LogP contribution in [-0.2, 0) is 10.8 Å². The van der Waals surface area contributed by atoms with E-state index in [1.54, 1.807) is 0 Å². The van der Waals surface area contributed by atoms with Gasteiger partial charge in [-0.3, -0.25) is 0 Å². The molecule has 0 unspecified atom stereocenters. The smallest absolute Gasteiger partial charge is 0.164 e. The number of hydrogen-bond acceptors (Lipinski definition) is 4. The van der Waals surface area contributed by atoms with Crippen molar-refractivity contribution in [1.29, 1.82) is 5.26 Å². The molecule has 6 aromatic carbocycles. The Morgan fingerprint density at radius 3 is 1.49 bits per heavy atom. The molecule has 2 aromatic heterocycles. The zero-order chi connectivity index (χ0) is 36.9. The van der Waals surface area contributed by atoms with Crippen molar-refractivity contribution in [2.45, 2.75) is 52.4 Å². The Hall–Kier alpha value is -6.38. The maximum Gasteiger partial charge on any atom is 0.164 e. The third-order valence-corrected chi connectivity index (χ3v) is 10.0. The molecule has 0 radical (unpaired) electrons. The van der Waals surface area contributed by atoms with Gasteiger partial charge in [0.15, 0.2) is 17.5 Å². The van der Waals surface area contributed by atoms with Crippen molar-refractivity contribution >= 4 is 21.8 Å². The van der Waals surface area contributed by atoms with Gasteiger partial charge in [-0.1, -0.05) is 145 Å². The Labute approximate surface area is 311 Å². The number of rotatable bonds is 5. The molecule has 2 heterocycles. The molecule has 0 aliphatic rings. The zero-order valence-electron chi connectivity index (χ0n) is 31.0. The summed E-state index contributed by atoms with van der Waals surface area (Å²) < 4.78 is 2.39. The standard InChI is InChI=1S/C48H41N5/c1-47(2,3)35-20-23-39-40-24-21-36(48(4,5)6)28-43(40)53(42(39)27-35)37-22-25-38(34-19-13-14-31(26-34)30-49)41(29-37)46-51-44(32-15-9-7-10-16-32)50-45(52-46)33-17-11-8-12-18-33/h7-29H,1-6H3. The van der Waals surface area contributed by atoms with Crippen molar-refractivity contribution < 1.29 is 0 Å². The van der Waals surface area contributed by atoms with Gasteiger partial charge in [0.1, 0.15) is 0 Å². The van der Waals surface area contributed by atoms with E-state index in [0.29, 0.717) is 23.0 Å². The average molecular weight is 688 g/mol. The number of fused-ring (bicyclic) bond motifs is 3. The maximum absolute atomic E-state index is 9.86. The van der Waals surface area contributed by atoms with Gasteiger partial charge in [0.05, 0.1) is 22.7 Å². The van der Waals surface area contributed by atoms with Crippen LogP contribution in [-0.4, -0.2) is 19.5 Å². The van der Waals surface area contributed by atoms with Gasteiger partial charge in [0.2, 0.25) is 0 Å². The Bertz CT molecular complexity index is 2560. The van der Waals surface area contributed by atoms with E-state index in [2.05, 4.69) is 107 Å². The third kappa shape index (κ3) is 6.38. The Morgan fingerprint density at radius 2 is 0.981 bits per heavy atom. The first kappa shape index (κ1) is 33.7. The molecule has 0 atom stereocenters. The Balaban J connectivity index is 1.46. The number of benzene rings is 6. The van der Waals surface area contributed by atoms with E-state index in [9.17, 15) is 5.26 Å². The van der Waals surface area contributed by atoms with Crippen molar-refractivity contribution in [1.82, 2.24) is 19.5 Å². The van der Waals surface area contributed by atoms with Gasteiger partial charge in [-0.25, -0.2) is 15.0 Å². The van der Waals surface area contributed by atoms with Gasteiger partial charge >= 0.3 is 0 Å². The van der Waals surface area contributed by atoms with Crippen LogP contribution >= 0.6 is 0 Å². The first-order chi connectivity index (χ1) is 25.5. The van der Waals surface area contributed by atoms with Crippen LogP contribution in [0.3, 0.4) is 0 Å². The largest absolute Gasteiger partial charge is 0.309 e. The third-order valence-electron chi connectivity index (χ3n) is 10.0. The van der Waals surface area contributed by atoms with E-state index in [1.807, 2.05) is 84.9 Å². The van der Waals surface area contributed by atoms with Crippen molar-refractivity contribution in [2.75, 3.05) is 0 Å². The van der Waals surface area contributed by atoms with Gasteiger partial charge in [-0.15, -0.1) is 0 Å². The summed E-state index contributed by atoms with van der Waals surface area (Å²) in [7, 11) is 0. The van der Waals surface area contributed by atoms with E-state index in [1.165, 1.54) is 21.9 Å². The molecule has 5 nitrogen and oxygen atoms in total. The van der Waals surface area contributed by atoms with Gasteiger partial charge in [-0.05, 0) is 69.5 Å². The lowest BCUT2D eigenvalue weighted by Gasteiger charge is -2.20. The molecule has 5 heteroatoms. The molecule has 0 saturated carbocycles. The summed E-state index contributed by atoms with van der Waals surface area (Å²) in [6, 6.07) is 50.5. The van der Waals surface area contributed by atoms with Crippen molar-refractivity contribution in [3.05, 3.63) is 156 Å². The lowest BCUT2D eigenvalue weighted by molar-refractivity contribution is 0.591. The van der Waals surface area contributed by atoms with Crippen molar-refractivity contribution in [3.63, 3.8) is 0 Å². The predicted octanol–water partition coefficient (Wildman–Crippen LogP) is 12.1. The number of nitriles is 1. The molecule has 0 aliphatic heterocycles. The Morgan fingerprint density at radius 1 is 0.472 bits per heavy atom. The number of nitrogens with zero attached hydrogens (tertiary/aromatic N) is 5. The molecule has 0 fully saturated rings. The summed E-state index contributed by atoms with van der Waals surface area (Å²) in [5.41, 5.74) is 10.9. The van der Waals surface area contributed by atoms with Crippen LogP contribution in [0.2, 0.25) is 0 Å². The fourth-order valence-corrected chi connectivity index (χ4v) is 7.02. The molecule has 0 amide bonds. The summed E-state index contributed by atoms with van der Waals surface area (Å²) in [5, 5.41) is 12.3. The second-order valence-electron chi connectivity index (χ2n) is 15.8. The highest BCUT2D eigenvalue weighted by molar-refractivity contribution is 6.10. The number of aromatic nitrogens is 4. The van der Waals surface area contributed by atoms with Crippen LogP contribution in [0.5, 0.6) is 0 Å². The second kappa shape index (κ2) is 13.0. The summed E-state index contributed by atoms with van der Waals surface area (Å²) >= 11 is 0. The first-order valence-corrected chi connectivity index (χ1v) is 18.1.